The zero-order valence-corrected chi connectivity index (χ0v) is 11.8. The van der Waals surface area contributed by atoms with Crippen LogP contribution in [-0.2, 0) is 10.0 Å². The van der Waals surface area contributed by atoms with E-state index < -0.39 is 10.0 Å². The first kappa shape index (κ1) is 13.8. The largest absolute Gasteiger partial charge is 0.316 e. The molecule has 1 aliphatic rings. The van der Waals surface area contributed by atoms with E-state index in [0.717, 1.165) is 12.8 Å². The maximum absolute atomic E-state index is 12.4. The fourth-order valence-corrected chi connectivity index (χ4v) is 3.80. The van der Waals surface area contributed by atoms with Crippen molar-refractivity contribution in [1.82, 2.24) is 9.62 Å². The summed E-state index contributed by atoms with van der Waals surface area (Å²) in [5.74, 6) is 0. The summed E-state index contributed by atoms with van der Waals surface area (Å²) in [5, 5.41) is 3.68. The highest BCUT2D eigenvalue weighted by atomic mass is 35.5. The molecule has 0 unspecified atom stereocenters. The number of nitrogens with zero attached hydrogens (tertiary/aromatic N) is 1. The van der Waals surface area contributed by atoms with Gasteiger partial charge in [-0.3, -0.25) is 0 Å². The van der Waals surface area contributed by atoms with E-state index in [1.54, 1.807) is 28.6 Å². The molecule has 1 heterocycles. The van der Waals surface area contributed by atoms with E-state index in [9.17, 15) is 8.42 Å². The van der Waals surface area contributed by atoms with Gasteiger partial charge in [-0.25, -0.2) is 8.42 Å². The van der Waals surface area contributed by atoms with Crippen LogP contribution in [0.3, 0.4) is 0 Å². The molecule has 1 fully saturated rings. The van der Waals surface area contributed by atoms with Gasteiger partial charge in [0.1, 0.15) is 0 Å². The first-order valence-electron chi connectivity index (χ1n) is 5.97. The summed E-state index contributed by atoms with van der Waals surface area (Å²) in [6, 6.07) is 6.56. The van der Waals surface area contributed by atoms with Crippen molar-refractivity contribution >= 4 is 21.6 Å². The predicted octanol–water partition coefficient (Wildman–Crippen LogP) is 1.71. The van der Waals surface area contributed by atoms with Crippen molar-refractivity contribution in [2.45, 2.75) is 23.8 Å². The molecule has 1 aromatic carbocycles. The molecule has 4 nitrogen and oxygen atoms in total. The van der Waals surface area contributed by atoms with Crippen LogP contribution in [0.15, 0.2) is 29.2 Å². The molecular formula is C12H17ClN2O2S. The van der Waals surface area contributed by atoms with Gasteiger partial charge < -0.3 is 5.32 Å². The van der Waals surface area contributed by atoms with Crippen molar-refractivity contribution in [1.29, 1.82) is 0 Å². The van der Waals surface area contributed by atoms with Crippen LogP contribution in [0.25, 0.3) is 0 Å². The Bertz CT molecular complexity index is 501. The van der Waals surface area contributed by atoms with Crippen molar-refractivity contribution in [3.05, 3.63) is 29.3 Å². The summed E-state index contributed by atoms with van der Waals surface area (Å²) in [5.41, 5.74) is 0. The van der Waals surface area contributed by atoms with Crippen LogP contribution in [-0.4, -0.2) is 38.9 Å². The molecule has 0 aliphatic carbocycles. The fourth-order valence-electron chi connectivity index (χ4n) is 2.15. The van der Waals surface area contributed by atoms with Gasteiger partial charge in [-0.05, 0) is 44.2 Å². The first-order chi connectivity index (χ1) is 8.54. The summed E-state index contributed by atoms with van der Waals surface area (Å²) < 4.78 is 26.4. The summed E-state index contributed by atoms with van der Waals surface area (Å²) in [4.78, 5) is 0.309. The zero-order valence-electron chi connectivity index (χ0n) is 10.3. The second-order valence-corrected chi connectivity index (χ2v) is 6.82. The first-order valence-corrected chi connectivity index (χ1v) is 7.79. The standard InChI is InChI=1S/C12H17ClN2O2S/c1-14-11-3-2-8-15(9-11)18(16,17)12-6-4-10(13)5-7-12/h4-7,11,14H,2-3,8-9H2,1H3/t11-/m0/s1. The van der Waals surface area contributed by atoms with Gasteiger partial charge in [0.05, 0.1) is 4.90 Å². The Morgan fingerprint density at radius 3 is 2.61 bits per heavy atom. The third-order valence-corrected chi connectivity index (χ3v) is 5.38. The smallest absolute Gasteiger partial charge is 0.243 e. The minimum Gasteiger partial charge on any atom is -0.316 e. The minimum atomic E-state index is -3.39. The molecule has 2 rings (SSSR count). The number of halogens is 1. The lowest BCUT2D eigenvalue weighted by molar-refractivity contribution is 0.293. The summed E-state index contributed by atoms with van der Waals surface area (Å²) in [7, 11) is -1.52. The molecule has 0 aromatic heterocycles. The van der Waals surface area contributed by atoms with Gasteiger partial charge in [0.15, 0.2) is 0 Å². The van der Waals surface area contributed by atoms with E-state index >= 15 is 0 Å². The zero-order chi connectivity index (χ0) is 13.2. The number of hydrogen-bond donors (Lipinski definition) is 1. The number of hydrogen-bond acceptors (Lipinski definition) is 3. The molecule has 0 amide bonds. The second kappa shape index (κ2) is 5.57. The molecule has 100 valence electrons. The molecule has 0 spiro atoms. The van der Waals surface area contributed by atoms with E-state index in [-0.39, 0.29) is 6.04 Å². The highest BCUT2D eigenvalue weighted by molar-refractivity contribution is 7.89. The maximum atomic E-state index is 12.4. The number of nitrogens with one attached hydrogen (secondary N) is 1. The van der Waals surface area contributed by atoms with Gasteiger partial charge in [0.2, 0.25) is 10.0 Å². The molecule has 1 N–H and O–H groups in total. The van der Waals surface area contributed by atoms with Crippen LogP contribution < -0.4 is 5.32 Å². The number of benzene rings is 1. The number of likely N-dealkylation sites (N-methyl/N-ethyl adjacent to an activating group) is 1. The number of rotatable bonds is 3. The Kier molecular flexibility index (Phi) is 4.27. The van der Waals surface area contributed by atoms with Crippen molar-refractivity contribution in [3.63, 3.8) is 0 Å². The molecule has 0 bridgehead atoms. The summed E-state index contributed by atoms with van der Waals surface area (Å²) in [6.45, 7) is 1.12. The third-order valence-electron chi connectivity index (χ3n) is 3.24. The summed E-state index contributed by atoms with van der Waals surface area (Å²) >= 11 is 5.77. The van der Waals surface area contributed by atoms with Crippen LogP contribution in [0.2, 0.25) is 5.02 Å². The quantitative estimate of drug-likeness (QED) is 0.921. The molecule has 6 heteroatoms. The van der Waals surface area contributed by atoms with Crippen LogP contribution >= 0.6 is 11.6 Å². The van der Waals surface area contributed by atoms with Crippen LogP contribution in [0.4, 0.5) is 0 Å². The van der Waals surface area contributed by atoms with E-state index in [0.29, 0.717) is 23.0 Å². The number of sulfonamides is 1. The lowest BCUT2D eigenvalue weighted by atomic mass is 10.1. The molecule has 0 saturated carbocycles. The van der Waals surface area contributed by atoms with Gasteiger partial charge >= 0.3 is 0 Å². The molecule has 1 saturated heterocycles. The average Bonchev–Trinajstić information content (AvgIpc) is 2.39. The highest BCUT2D eigenvalue weighted by Gasteiger charge is 2.29. The molecule has 1 aromatic rings. The lowest BCUT2D eigenvalue weighted by Gasteiger charge is -2.31. The van der Waals surface area contributed by atoms with Crippen molar-refractivity contribution in [2.75, 3.05) is 20.1 Å². The average molecular weight is 289 g/mol. The van der Waals surface area contributed by atoms with E-state index in [2.05, 4.69) is 5.32 Å². The van der Waals surface area contributed by atoms with Crippen molar-refractivity contribution in [3.8, 4) is 0 Å². The Balaban J connectivity index is 2.22. The van der Waals surface area contributed by atoms with E-state index in [4.69, 9.17) is 11.6 Å². The van der Waals surface area contributed by atoms with E-state index in [1.165, 1.54) is 0 Å². The van der Waals surface area contributed by atoms with Gasteiger partial charge in [0.25, 0.3) is 0 Å². The fraction of sp³-hybridized carbons (Fsp3) is 0.500. The predicted molar refractivity (Wildman–Crippen MR) is 72.3 cm³/mol. The Hall–Kier alpha value is -0.620. The lowest BCUT2D eigenvalue weighted by Crippen LogP contribution is -2.46. The van der Waals surface area contributed by atoms with Crippen LogP contribution in [0, 0.1) is 0 Å². The van der Waals surface area contributed by atoms with Crippen LogP contribution in [0.1, 0.15) is 12.8 Å². The molecule has 0 radical (unpaired) electrons. The highest BCUT2D eigenvalue weighted by Crippen LogP contribution is 2.22. The van der Waals surface area contributed by atoms with Gasteiger partial charge in [0, 0.05) is 24.2 Å². The summed E-state index contributed by atoms with van der Waals surface area (Å²) in [6.07, 6.45) is 1.90. The monoisotopic (exact) mass is 288 g/mol. The maximum Gasteiger partial charge on any atom is 0.243 e. The molecule has 18 heavy (non-hydrogen) atoms. The van der Waals surface area contributed by atoms with Crippen LogP contribution in [0.5, 0.6) is 0 Å². The molecular weight excluding hydrogens is 272 g/mol. The number of piperidine rings is 1. The molecule has 1 atom stereocenters. The topological polar surface area (TPSA) is 49.4 Å². The van der Waals surface area contributed by atoms with Gasteiger partial charge in [-0.2, -0.15) is 4.31 Å². The third kappa shape index (κ3) is 2.85. The second-order valence-electron chi connectivity index (χ2n) is 4.44. The van der Waals surface area contributed by atoms with Gasteiger partial charge in [-0.1, -0.05) is 11.6 Å². The SMILES string of the molecule is CN[C@H]1CCCN(S(=O)(=O)c2ccc(Cl)cc2)C1. The Labute approximate surface area is 113 Å². The van der Waals surface area contributed by atoms with Gasteiger partial charge in [-0.15, -0.1) is 0 Å². The van der Waals surface area contributed by atoms with Crippen molar-refractivity contribution in [2.24, 2.45) is 0 Å². The minimum absolute atomic E-state index is 0.237. The Morgan fingerprint density at radius 1 is 1.33 bits per heavy atom. The molecule has 1 aliphatic heterocycles. The normalized spacial score (nSPS) is 22.0. The van der Waals surface area contributed by atoms with Crippen molar-refractivity contribution < 1.29 is 8.42 Å². The van der Waals surface area contributed by atoms with E-state index in [1.807, 2.05) is 7.05 Å². The Morgan fingerprint density at radius 2 is 2.00 bits per heavy atom.